The van der Waals surface area contributed by atoms with Gasteiger partial charge in [0.15, 0.2) is 0 Å². The summed E-state index contributed by atoms with van der Waals surface area (Å²) in [4.78, 5) is 23.4. The second kappa shape index (κ2) is 16.6. The number of hydrogen-bond donors (Lipinski definition) is 1. The van der Waals surface area contributed by atoms with Crippen molar-refractivity contribution in [2.75, 3.05) is 6.61 Å². The van der Waals surface area contributed by atoms with Crippen molar-refractivity contribution in [2.24, 2.45) is 11.8 Å². The first-order chi connectivity index (χ1) is 13.7. The number of esters is 1. The monoisotopic (exact) mass is 394 g/mol. The Morgan fingerprint density at radius 1 is 0.821 bits per heavy atom. The Bertz CT molecular complexity index is 444. The number of carboxylic acids is 1. The van der Waals surface area contributed by atoms with Gasteiger partial charge >= 0.3 is 11.9 Å². The van der Waals surface area contributed by atoms with Crippen molar-refractivity contribution >= 4 is 11.9 Å². The van der Waals surface area contributed by atoms with E-state index >= 15 is 0 Å². The van der Waals surface area contributed by atoms with Crippen LogP contribution in [0.5, 0.6) is 0 Å². The van der Waals surface area contributed by atoms with Gasteiger partial charge in [-0.25, -0.2) is 0 Å². The molecule has 0 aromatic rings. The van der Waals surface area contributed by atoms with E-state index in [4.69, 9.17) is 4.74 Å². The molecule has 1 rings (SSSR count). The maximum Gasteiger partial charge on any atom is 0.309 e. The smallest absolute Gasteiger partial charge is 0.309 e. The Morgan fingerprint density at radius 2 is 1.36 bits per heavy atom. The second-order valence-electron chi connectivity index (χ2n) is 8.23. The minimum atomic E-state index is -0.855. The molecule has 0 amide bonds. The Kier molecular flexibility index (Phi) is 14.7. The number of carboxylic acid groups (broad SMARTS) is 1. The molecule has 2 unspecified atom stereocenters. The molecule has 0 bridgehead atoms. The quantitative estimate of drug-likeness (QED) is 0.180. The third-order valence-electron chi connectivity index (χ3n) is 5.79. The molecule has 4 heteroatoms. The van der Waals surface area contributed by atoms with E-state index in [-0.39, 0.29) is 5.97 Å². The Balaban J connectivity index is 1.94. The highest BCUT2D eigenvalue weighted by atomic mass is 16.5. The van der Waals surface area contributed by atoms with E-state index in [1.54, 1.807) is 0 Å². The minimum Gasteiger partial charge on any atom is -0.481 e. The molecule has 0 heterocycles. The van der Waals surface area contributed by atoms with Gasteiger partial charge in [-0.1, -0.05) is 76.9 Å². The molecule has 162 valence electrons. The molecule has 0 aromatic carbocycles. The van der Waals surface area contributed by atoms with Gasteiger partial charge in [0.25, 0.3) is 0 Å². The lowest BCUT2D eigenvalue weighted by Crippen LogP contribution is -2.33. The van der Waals surface area contributed by atoms with Crippen LogP contribution < -0.4 is 0 Å². The van der Waals surface area contributed by atoms with Gasteiger partial charge in [0.1, 0.15) is 0 Å². The maximum atomic E-state index is 12.2. The van der Waals surface area contributed by atoms with Crippen molar-refractivity contribution in [2.45, 2.75) is 110 Å². The predicted octanol–water partition coefficient (Wildman–Crippen LogP) is 6.68. The summed E-state index contributed by atoms with van der Waals surface area (Å²) in [6, 6.07) is 0. The third kappa shape index (κ3) is 11.5. The zero-order valence-corrected chi connectivity index (χ0v) is 18.0. The van der Waals surface area contributed by atoms with E-state index in [9.17, 15) is 14.7 Å². The van der Waals surface area contributed by atoms with Crippen molar-refractivity contribution in [3.8, 4) is 0 Å². The normalized spacial score (nSPS) is 19.8. The van der Waals surface area contributed by atoms with Crippen LogP contribution in [-0.4, -0.2) is 23.7 Å². The van der Waals surface area contributed by atoms with E-state index in [1.165, 1.54) is 51.4 Å². The van der Waals surface area contributed by atoms with Crippen molar-refractivity contribution in [3.63, 3.8) is 0 Å². The first kappa shape index (κ1) is 24.7. The molecule has 0 aromatic heterocycles. The maximum absolute atomic E-state index is 12.2. The Hall–Kier alpha value is -1.32. The van der Waals surface area contributed by atoms with Crippen LogP contribution in [0.4, 0.5) is 0 Å². The summed E-state index contributed by atoms with van der Waals surface area (Å²) in [5.41, 5.74) is 0. The Labute approximate surface area is 172 Å². The summed E-state index contributed by atoms with van der Waals surface area (Å²) < 4.78 is 5.35. The summed E-state index contributed by atoms with van der Waals surface area (Å²) >= 11 is 0. The lowest BCUT2D eigenvalue weighted by atomic mass is 9.79. The zero-order valence-electron chi connectivity index (χ0n) is 18.0. The van der Waals surface area contributed by atoms with Crippen molar-refractivity contribution in [1.29, 1.82) is 0 Å². The number of aliphatic carboxylic acids is 1. The molecule has 2 atom stereocenters. The molecule has 4 nitrogen and oxygen atoms in total. The molecule has 1 aliphatic carbocycles. The highest BCUT2D eigenvalue weighted by Gasteiger charge is 2.36. The predicted molar refractivity (Wildman–Crippen MR) is 114 cm³/mol. The molecule has 0 aliphatic heterocycles. The number of carbonyl (C=O) groups is 2. The number of unbranched alkanes of at least 4 members (excludes halogenated alkanes) is 10. The van der Waals surface area contributed by atoms with E-state index in [0.29, 0.717) is 19.4 Å². The highest BCUT2D eigenvalue weighted by molar-refractivity contribution is 5.81. The molecule has 1 aliphatic rings. The largest absolute Gasteiger partial charge is 0.481 e. The molecule has 0 saturated heterocycles. The average molecular weight is 395 g/mol. The average Bonchev–Trinajstić information content (AvgIpc) is 2.70. The van der Waals surface area contributed by atoms with Gasteiger partial charge in [-0.2, -0.15) is 0 Å². The van der Waals surface area contributed by atoms with Crippen LogP contribution in [0.15, 0.2) is 12.2 Å². The summed E-state index contributed by atoms with van der Waals surface area (Å²) in [6.07, 6.45) is 22.4. The van der Waals surface area contributed by atoms with Gasteiger partial charge in [-0.05, 0) is 44.9 Å². The summed E-state index contributed by atoms with van der Waals surface area (Å²) in [5, 5.41) is 9.25. The summed E-state index contributed by atoms with van der Waals surface area (Å²) in [6.45, 7) is 2.68. The fourth-order valence-electron chi connectivity index (χ4n) is 3.98. The number of carbonyl (C=O) groups excluding carboxylic acids is 1. The number of rotatable bonds is 16. The number of hydrogen-bond acceptors (Lipinski definition) is 3. The van der Waals surface area contributed by atoms with Crippen molar-refractivity contribution < 1.29 is 19.4 Å². The van der Waals surface area contributed by atoms with Gasteiger partial charge in [0.05, 0.1) is 18.4 Å². The van der Waals surface area contributed by atoms with Crippen LogP contribution >= 0.6 is 0 Å². The molecule has 1 fully saturated rings. The third-order valence-corrected chi connectivity index (χ3v) is 5.79. The molecule has 1 N–H and O–H groups in total. The molecule has 0 spiro atoms. The molecular formula is C24H42O4. The van der Waals surface area contributed by atoms with Crippen molar-refractivity contribution in [3.05, 3.63) is 12.2 Å². The summed E-state index contributed by atoms with van der Waals surface area (Å²) in [7, 11) is 0. The van der Waals surface area contributed by atoms with Gasteiger partial charge in [-0.15, -0.1) is 0 Å². The topological polar surface area (TPSA) is 63.6 Å². The zero-order chi connectivity index (χ0) is 20.5. The van der Waals surface area contributed by atoms with Crippen LogP contribution in [0.1, 0.15) is 110 Å². The van der Waals surface area contributed by atoms with Gasteiger partial charge < -0.3 is 9.84 Å². The van der Waals surface area contributed by atoms with Crippen LogP contribution in [0, 0.1) is 11.8 Å². The number of ether oxygens (including phenoxy) is 1. The first-order valence-electron chi connectivity index (χ1n) is 11.7. The van der Waals surface area contributed by atoms with Crippen LogP contribution in [-0.2, 0) is 14.3 Å². The van der Waals surface area contributed by atoms with E-state index in [1.807, 2.05) is 0 Å². The van der Waals surface area contributed by atoms with Crippen molar-refractivity contribution in [1.82, 2.24) is 0 Å². The Morgan fingerprint density at radius 3 is 1.96 bits per heavy atom. The minimum absolute atomic E-state index is 0.301. The molecule has 28 heavy (non-hydrogen) atoms. The van der Waals surface area contributed by atoms with Crippen LogP contribution in [0.25, 0.3) is 0 Å². The van der Waals surface area contributed by atoms with Gasteiger partial charge in [0.2, 0.25) is 0 Å². The highest BCUT2D eigenvalue weighted by Crippen LogP contribution is 2.31. The number of allylic oxidation sites excluding steroid dienone is 2. The SMILES string of the molecule is CCCCCCCC/C=C/CCCCCCOC(=O)C1CCCCC1C(=O)O. The summed E-state index contributed by atoms with van der Waals surface area (Å²) in [5.74, 6) is -2.15. The molecular weight excluding hydrogens is 352 g/mol. The van der Waals surface area contributed by atoms with E-state index in [0.717, 1.165) is 38.5 Å². The fraction of sp³-hybridized carbons (Fsp3) is 0.833. The lowest BCUT2D eigenvalue weighted by Gasteiger charge is -2.26. The standard InChI is InChI=1S/C24H42O4/c1-2-3-4-5-6-7-8-9-10-11-12-13-14-17-20-28-24(27)22-19-16-15-18-21(22)23(25)26/h9-10,21-22H,2-8,11-20H2,1H3,(H,25,26)/b10-9+. The molecule has 1 saturated carbocycles. The van der Waals surface area contributed by atoms with Gasteiger partial charge in [-0.3, -0.25) is 9.59 Å². The van der Waals surface area contributed by atoms with Gasteiger partial charge in [0, 0.05) is 0 Å². The lowest BCUT2D eigenvalue weighted by molar-refractivity contribution is -0.159. The van der Waals surface area contributed by atoms with E-state index in [2.05, 4.69) is 19.1 Å². The van der Waals surface area contributed by atoms with E-state index < -0.39 is 17.8 Å². The van der Waals surface area contributed by atoms with Crippen LogP contribution in [0.3, 0.4) is 0 Å². The fourth-order valence-corrected chi connectivity index (χ4v) is 3.98. The second-order valence-corrected chi connectivity index (χ2v) is 8.23. The van der Waals surface area contributed by atoms with Crippen LogP contribution in [0.2, 0.25) is 0 Å². The first-order valence-corrected chi connectivity index (χ1v) is 11.7. The molecule has 0 radical (unpaired) electrons.